The van der Waals surface area contributed by atoms with Gasteiger partial charge in [-0.05, 0) is 25.1 Å². The van der Waals surface area contributed by atoms with Crippen LogP contribution in [0.15, 0.2) is 59.5 Å². The van der Waals surface area contributed by atoms with Crippen LogP contribution < -0.4 is 0 Å². The highest BCUT2D eigenvalue weighted by atomic mass is 32.2. The Hall–Kier alpha value is -2.98. The van der Waals surface area contributed by atoms with Crippen LogP contribution in [0, 0.1) is 0 Å². The number of fused-ring (bicyclic) bond motifs is 3. The Kier molecular flexibility index (Phi) is 5.22. The molecule has 2 aromatic carbocycles. The van der Waals surface area contributed by atoms with E-state index in [-0.39, 0.29) is 28.3 Å². The van der Waals surface area contributed by atoms with Gasteiger partial charge in [-0.3, -0.25) is 9.59 Å². The molecule has 0 fully saturated rings. The van der Waals surface area contributed by atoms with Gasteiger partial charge >= 0.3 is 5.97 Å². The van der Waals surface area contributed by atoms with E-state index in [4.69, 9.17) is 4.74 Å². The van der Waals surface area contributed by atoms with E-state index in [1.165, 1.54) is 18.2 Å². The standard InChI is InChI=1S/C21H19NO7S2/c1-2-29-19(23)12-18-21(24)20-16(13-30(18,25)26)15-10-6-7-11-17(15)22(20)31(27,28)14-8-4-3-5-9-14/h3-11,18H,2,12-13H2,1H3. The molecule has 1 unspecified atom stereocenters. The van der Waals surface area contributed by atoms with Crippen LogP contribution in [0.3, 0.4) is 0 Å². The summed E-state index contributed by atoms with van der Waals surface area (Å²) in [5, 5.41) is -1.34. The number of hydrogen-bond acceptors (Lipinski definition) is 7. The summed E-state index contributed by atoms with van der Waals surface area (Å²) in [5.41, 5.74) is 0.103. The van der Waals surface area contributed by atoms with Gasteiger partial charge in [0.05, 0.1) is 29.2 Å². The van der Waals surface area contributed by atoms with Gasteiger partial charge < -0.3 is 4.74 Å². The van der Waals surface area contributed by atoms with Gasteiger partial charge in [0, 0.05) is 10.9 Å². The molecule has 8 nitrogen and oxygen atoms in total. The fourth-order valence-corrected chi connectivity index (χ4v) is 7.12. The van der Waals surface area contributed by atoms with Crippen molar-refractivity contribution < 1.29 is 31.2 Å². The van der Waals surface area contributed by atoms with Crippen LogP contribution in [-0.2, 0) is 35.1 Å². The van der Waals surface area contributed by atoms with Crippen molar-refractivity contribution in [3.63, 3.8) is 0 Å². The molecule has 0 saturated carbocycles. The maximum atomic E-state index is 13.5. The lowest BCUT2D eigenvalue weighted by Gasteiger charge is -2.23. The topological polar surface area (TPSA) is 117 Å². The van der Waals surface area contributed by atoms with Crippen molar-refractivity contribution in [2.45, 2.75) is 29.2 Å². The monoisotopic (exact) mass is 461 g/mol. The van der Waals surface area contributed by atoms with Gasteiger partial charge in [-0.1, -0.05) is 36.4 Å². The number of rotatable bonds is 5. The molecule has 0 saturated heterocycles. The SMILES string of the molecule is CCOC(=O)CC1C(=O)c2c(c3ccccc3n2S(=O)(=O)c2ccccc2)CS1(=O)=O. The largest absolute Gasteiger partial charge is 0.466 e. The Labute approximate surface area is 179 Å². The Morgan fingerprint density at radius 3 is 2.42 bits per heavy atom. The van der Waals surface area contributed by atoms with Gasteiger partial charge in [-0.2, -0.15) is 0 Å². The summed E-state index contributed by atoms with van der Waals surface area (Å²) >= 11 is 0. The second-order valence-electron chi connectivity index (χ2n) is 7.10. The highest BCUT2D eigenvalue weighted by Gasteiger charge is 2.45. The van der Waals surface area contributed by atoms with Gasteiger partial charge in [-0.15, -0.1) is 0 Å². The molecule has 0 N–H and O–H groups in total. The molecule has 1 aliphatic heterocycles. The Bertz CT molecular complexity index is 1400. The molecule has 1 aromatic heterocycles. The van der Waals surface area contributed by atoms with E-state index in [2.05, 4.69) is 0 Å². The molecule has 3 aromatic rings. The normalized spacial score (nSPS) is 18.0. The smallest absolute Gasteiger partial charge is 0.307 e. The summed E-state index contributed by atoms with van der Waals surface area (Å²) < 4.78 is 58.5. The number of para-hydroxylation sites is 1. The average Bonchev–Trinajstić information content (AvgIpc) is 3.06. The fourth-order valence-electron chi connectivity index (χ4n) is 3.83. The predicted octanol–water partition coefficient (Wildman–Crippen LogP) is 2.31. The van der Waals surface area contributed by atoms with Crippen molar-refractivity contribution in [3.8, 4) is 0 Å². The van der Waals surface area contributed by atoms with Crippen LogP contribution in [0.2, 0.25) is 0 Å². The Morgan fingerprint density at radius 1 is 1.10 bits per heavy atom. The second-order valence-corrected chi connectivity index (χ2v) is 11.1. The molecule has 1 atom stereocenters. The van der Waals surface area contributed by atoms with Crippen LogP contribution in [0.4, 0.5) is 0 Å². The lowest BCUT2D eigenvalue weighted by Crippen LogP contribution is -2.40. The molecule has 10 heteroatoms. The fraction of sp³-hybridized carbons (Fsp3) is 0.238. The Morgan fingerprint density at radius 2 is 1.74 bits per heavy atom. The van der Waals surface area contributed by atoms with Crippen LogP contribution in [0.25, 0.3) is 10.9 Å². The van der Waals surface area contributed by atoms with E-state index < -0.39 is 49.0 Å². The molecular weight excluding hydrogens is 442 g/mol. The number of esters is 1. The predicted molar refractivity (Wildman–Crippen MR) is 113 cm³/mol. The number of sulfone groups is 1. The number of hydrogen-bond donors (Lipinski definition) is 0. The molecule has 1 aliphatic rings. The number of carbonyl (C=O) groups excluding carboxylic acids is 2. The zero-order valence-electron chi connectivity index (χ0n) is 16.5. The van der Waals surface area contributed by atoms with Crippen molar-refractivity contribution in [2.24, 2.45) is 0 Å². The first-order valence-electron chi connectivity index (χ1n) is 9.53. The van der Waals surface area contributed by atoms with E-state index in [1.807, 2.05) is 0 Å². The van der Waals surface area contributed by atoms with Gasteiger partial charge in [0.1, 0.15) is 10.9 Å². The third-order valence-electron chi connectivity index (χ3n) is 5.18. The number of nitrogens with zero attached hydrogens (tertiary/aromatic N) is 1. The number of ketones is 1. The van der Waals surface area contributed by atoms with Crippen LogP contribution in [-0.4, -0.2) is 44.4 Å². The Balaban J connectivity index is 1.99. The molecule has 162 valence electrons. The number of carbonyl (C=O) groups is 2. The number of benzene rings is 2. The minimum Gasteiger partial charge on any atom is -0.466 e. The van der Waals surface area contributed by atoms with Gasteiger partial charge in [0.25, 0.3) is 10.0 Å². The van der Waals surface area contributed by atoms with Crippen LogP contribution in [0.1, 0.15) is 29.4 Å². The molecule has 2 heterocycles. The summed E-state index contributed by atoms with van der Waals surface area (Å²) in [7, 11) is -8.26. The number of Topliss-reactive ketones (excluding diaryl/α,β-unsaturated/α-hetero) is 1. The first kappa shape index (κ1) is 21.3. The van der Waals surface area contributed by atoms with Crippen LogP contribution in [0.5, 0.6) is 0 Å². The quantitative estimate of drug-likeness (QED) is 0.535. The van der Waals surface area contributed by atoms with Gasteiger partial charge in [0.2, 0.25) is 0 Å². The number of ether oxygens (including phenoxy) is 1. The highest BCUT2D eigenvalue weighted by molar-refractivity contribution is 7.92. The molecule has 4 rings (SSSR count). The summed E-state index contributed by atoms with van der Waals surface area (Å²) in [6, 6.07) is 13.9. The lowest BCUT2D eigenvalue weighted by molar-refractivity contribution is -0.142. The van der Waals surface area contributed by atoms with Gasteiger partial charge in [-0.25, -0.2) is 20.8 Å². The molecule has 31 heavy (non-hydrogen) atoms. The lowest BCUT2D eigenvalue weighted by atomic mass is 10.1. The van der Waals surface area contributed by atoms with Crippen LogP contribution >= 0.6 is 0 Å². The zero-order chi connectivity index (χ0) is 22.4. The van der Waals surface area contributed by atoms with Crippen molar-refractivity contribution in [1.29, 1.82) is 0 Å². The van der Waals surface area contributed by atoms with E-state index in [0.29, 0.717) is 5.39 Å². The minimum atomic E-state index is -4.21. The summed E-state index contributed by atoms with van der Waals surface area (Å²) in [6.07, 6.45) is -0.665. The first-order chi connectivity index (χ1) is 14.7. The van der Waals surface area contributed by atoms with E-state index in [1.54, 1.807) is 43.3 Å². The van der Waals surface area contributed by atoms with Crippen molar-refractivity contribution in [2.75, 3.05) is 6.61 Å². The average molecular weight is 462 g/mol. The third kappa shape index (κ3) is 3.45. The molecular formula is C21H19NO7S2. The van der Waals surface area contributed by atoms with Crippen molar-refractivity contribution >= 4 is 42.5 Å². The minimum absolute atomic E-state index is 0.0354. The zero-order valence-corrected chi connectivity index (χ0v) is 18.1. The first-order valence-corrected chi connectivity index (χ1v) is 12.7. The van der Waals surface area contributed by atoms with E-state index in [9.17, 15) is 26.4 Å². The van der Waals surface area contributed by atoms with E-state index >= 15 is 0 Å². The molecule has 0 amide bonds. The second kappa shape index (κ2) is 7.61. The van der Waals surface area contributed by atoms with Crippen molar-refractivity contribution in [3.05, 3.63) is 65.9 Å². The molecule has 0 spiro atoms. The van der Waals surface area contributed by atoms with Gasteiger partial charge in [0.15, 0.2) is 15.6 Å². The molecule has 0 aliphatic carbocycles. The third-order valence-corrected chi connectivity index (χ3v) is 8.85. The summed E-state index contributed by atoms with van der Waals surface area (Å²) in [5.74, 6) is -2.30. The summed E-state index contributed by atoms with van der Waals surface area (Å²) in [4.78, 5) is 25.3. The maximum Gasteiger partial charge on any atom is 0.307 e. The van der Waals surface area contributed by atoms with E-state index in [0.717, 1.165) is 3.97 Å². The maximum absolute atomic E-state index is 13.5. The number of aromatic nitrogens is 1. The molecule has 0 bridgehead atoms. The highest BCUT2D eigenvalue weighted by Crippen LogP contribution is 2.37. The van der Waals surface area contributed by atoms with Crippen molar-refractivity contribution in [1.82, 2.24) is 3.97 Å². The summed E-state index contributed by atoms with van der Waals surface area (Å²) in [6.45, 7) is 1.60. The molecule has 0 radical (unpaired) electrons.